The van der Waals surface area contributed by atoms with Crippen LogP contribution in [0.1, 0.15) is 18.3 Å². The van der Waals surface area contributed by atoms with Crippen LogP contribution in [0.15, 0.2) is 37.4 Å². The fourth-order valence-corrected chi connectivity index (χ4v) is 1.08. The highest BCUT2D eigenvalue weighted by molar-refractivity contribution is 5.71. The van der Waals surface area contributed by atoms with Crippen molar-refractivity contribution in [2.24, 2.45) is 0 Å². The van der Waals surface area contributed by atoms with E-state index in [2.05, 4.69) is 18.1 Å². The van der Waals surface area contributed by atoms with Crippen molar-refractivity contribution in [1.29, 1.82) is 0 Å². The summed E-state index contributed by atoms with van der Waals surface area (Å²) in [4.78, 5) is 3.21. The first kappa shape index (κ1) is 8.60. The van der Waals surface area contributed by atoms with Crippen molar-refractivity contribution in [3.63, 3.8) is 0 Å². The van der Waals surface area contributed by atoms with Gasteiger partial charge in [0, 0.05) is 11.4 Å². The average Bonchev–Trinajstić information content (AvgIpc) is 2.55. The molecule has 0 aliphatic heterocycles. The van der Waals surface area contributed by atoms with Crippen LogP contribution in [0.25, 0.3) is 11.6 Å². The molecule has 1 heterocycles. The molecule has 0 aliphatic carbocycles. The van der Waals surface area contributed by atoms with E-state index in [-0.39, 0.29) is 0 Å². The number of rotatable bonds is 3. The van der Waals surface area contributed by atoms with Crippen LogP contribution in [-0.4, -0.2) is 4.98 Å². The zero-order valence-corrected chi connectivity index (χ0v) is 7.30. The number of hydrogen-bond donors (Lipinski definition) is 1. The maximum atomic E-state index is 3.73. The van der Waals surface area contributed by atoms with E-state index in [0.717, 1.165) is 17.0 Å². The molecule has 62 valence electrons. The zero-order valence-electron chi connectivity index (χ0n) is 7.30. The minimum atomic E-state index is 1.03. The summed E-state index contributed by atoms with van der Waals surface area (Å²) in [6.07, 6.45) is 5.64. The third-order valence-electron chi connectivity index (χ3n) is 1.77. The molecule has 1 N–H and O–H groups in total. The van der Waals surface area contributed by atoms with E-state index in [1.807, 2.05) is 31.2 Å². The summed E-state index contributed by atoms with van der Waals surface area (Å²) in [5.74, 6) is 0. The van der Waals surface area contributed by atoms with Crippen LogP contribution in [-0.2, 0) is 0 Å². The highest BCUT2D eigenvalue weighted by Crippen LogP contribution is 2.14. The standard InChI is InChI=1S/C11H13N/c1-4-9(5-2)11-8-7-10(6-3)12-11/h4-8,12H,1,3H2,2H3/b9-5+. The molecule has 0 aliphatic rings. The lowest BCUT2D eigenvalue weighted by molar-refractivity contribution is 1.33. The van der Waals surface area contributed by atoms with Gasteiger partial charge in [0.2, 0.25) is 0 Å². The Labute approximate surface area is 73.1 Å². The van der Waals surface area contributed by atoms with Crippen molar-refractivity contribution in [1.82, 2.24) is 4.98 Å². The molecule has 1 aromatic rings. The lowest BCUT2D eigenvalue weighted by Gasteiger charge is -1.95. The van der Waals surface area contributed by atoms with Gasteiger partial charge in [0.1, 0.15) is 0 Å². The fourth-order valence-electron chi connectivity index (χ4n) is 1.08. The normalized spacial score (nSPS) is 11.2. The van der Waals surface area contributed by atoms with E-state index in [0.29, 0.717) is 0 Å². The molecule has 1 nitrogen and oxygen atoms in total. The molecule has 1 heteroatoms. The Morgan fingerprint density at radius 2 is 2.17 bits per heavy atom. The van der Waals surface area contributed by atoms with Gasteiger partial charge in [0.05, 0.1) is 0 Å². The van der Waals surface area contributed by atoms with Gasteiger partial charge in [-0.25, -0.2) is 0 Å². The molecule has 1 rings (SSSR count). The molecule has 0 saturated carbocycles. The summed E-state index contributed by atoms with van der Waals surface area (Å²) in [5, 5.41) is 0. The van der Waals surface area contributed by atoms with Crippen LogP contribution in [0.3, 0.4) is 0 Å². The van der Waals surface area contributed by atoms with E-state index in [9.17, 15) is 0 Å². The first-order chi connectivity index (χ1) is 5.81. The molecule has 0 fully saturated rings. The summed E-state index contributed by atoms with van der Waals surface area (Å²) in [7, 11) is 0. The highest BCUT2D eigenvalue weighted by atomic mass is 14.7. The molecule has 0 spiro atoms. The highest BCUT2D eigenvalue weighted by Gasteiger charge is 1.97. The third-order valence-corrected chi connectivity index (χ3v) is 1.77. The van der Waals surface area contributed by atoms with E-state index < -0.39 is 0 Å². The number of H-pyrrole nitrogens is 1. The third kappa shape index (κ3) is 1.56. The lowest BCUT2D eigenvalue weighted by atomic mass is 10.2. The van der Waals surface area contributed by atoms with Gasteiger partial charge in [0.15, 0.2) is 0 Å². The van der Waals surface area contributed by atoms with Crippen molar-refractivity contribution in [3.8, 4) is 0 Å². The molecule has 0 bridgehead atoms. The number of allylic oxidation sites excluding steroid dienone is 3. The second-order valence-electron chi connectivity index (χ2n) is 2.48. The first-order valence-corrected chi connectivity index (χ1v) is 3.92. The lowest BCUT2D eigenvalue weighted by Crippen LogP contribution is -1.79. The van der Waals surface area contributed by atoms with Gasteiger partial charge in [-0.1, -0.05) is 25.3 Å². The smallest absolute Gasteiger partial charge is 0.0455 e. The van der Waals surface area contributed by atoms with E-state index in [1.54, 1.807) is 6.08 Å². The van der Waals surface area contributed by atoms with Crippen molar-refractivity contribution in [2.75, 3.05) is 0 Å². The molecule has 1 aromatic heterocycles. The predicted octanol–water partition coefficient (Wildman–Crippen LogP) is 3.25. The molecule has 12 heavy (non-hydrogen) atoms. The van der Waals surface area contributed by atoms with Gasteiger partial charge in [-0.15, -0.1) is 0 Å². The monoisotopic (exact) mass is 159 g/mol. The van der Waals surface area contributed by atoms with Gasteiger partial charge >= 0.3 is 0 Å². The van der Waals surface area contributed by atoms with Crippen molar-refractivity contribution in [2.45, 2.75) is 6.92 Å². The van der Waals surface area contributed by atoms with Crippen LogP contribution < -0.4 is 0 Å². The Bertz CT molecular complexity index is 316. The molecule has 0 unspecified atom stereocenters. The minimum absolute atomic E-state index is 1.03. The topological polar surface area (TPSA) is 15.8 Å². The Balaban J connectivity index is 3.02. The van der Waals surface area contributed by atoms with Crippen molar-refractivity contribution >= 4 is 11.6 Å². The minimum Gasteiger partial charge on any atom is -0.355 e. The van der Waals surface area contributed by atoms with Gasteiger partial charge in [0.25, 0.3) is 0 Å². The number of aromatic amines is 1. The molecular weight excluding hydrogens is 146 g/mol. The maximum absolute atomic E-state index is 3.73. The van der Waals surface area contributed by atoms with Crippen molar-refractivity contribution in [3.05, 3.63) is 48.8 Å². The van der Waals surface area contributed by atoms with Gasteiger partial charge in [-0.05, 0) is 30.7 Å². The second-order valence-corrected chi connectivity index (χ2v) is 2.48. The van der Waals surface area contributed by atoms with Crippen molar-refractivity contribution < 1.29 is 0 Å². The first-order valence-electron chi connectivity index (χ1n) is 3.92. The Hall–Kier alpha value is -1.50. The van der Waals surface area contributed by atoms with E-state index in [1.165, 1.54) is 0 Å². The molecular formula is C11H13N. The molecule has 0 atom stereocenters. The summed E-state index contributed by atoms with van der Waals surface area (Å²) in [6, 6.07) is 4.02. The van der Waals surface area contributed by atoms with Gasteiger partial charge < -0.3 is 4.98 Å². The number of hydrogen-bond acceptors (Lipinski definition) is 0. The van der Waals surface area contributed by atoms with Gasteiger partial charge in [-0.2, -0.15) is 0 Å². The molecule has 0 amide bonds. The number of nitrogens with one attached hydrogen (secondary N) is 1. The van der Waals surface area contributed by atoms with Crippen LogP contribution in [0.4, 0.5) is 0 Å². The SMILES string of the molecule is C=C/C(=C\C)c1ccc(C=C)[nH]1. The average molecular weight is 159 g/mol. The Morgan fingerprint density at radius 3 is 2.58 bits per heavy atom. The van der Waals surface area contributed by atoms with E-state index in [4.69, 9.17) is 0 Å². The summed E-state index contributed by atoms with van der Waals surface area (Å²) in [6.45, 7) is 9.40. The van der Waals surface area contributed by atoms with E-state index >= 15 is 0 Å². The summed E-state index contributed by atoms with van der Waals surface area (Å²) < 4.78 is 0. The van der Waals surface area contributed by atoms with Crippen LogP contribution in [0, 0.1) is 0 Å². The Kier molecular flexibility index (Phi) is 2.70. The van der Waals surface area contributed by atoms with Gasteiger partial charge in [-0.3, -0.25) is 0 Å². The molecule has 0 saturated heterocycles. The predicted molar refractivity (Wildman–Crippen MR) is 54.7 cm³/mol. The van der Waals surface area contributed by atoms with Crippen LogP contribution in [0.2, 0.25) is 0 Å². The molecule has 0 aromatic carbocycles. The quantitative estimate of drug-likeness (QED) is 0.651. The maximum Gasteiger partial charge on any atom is 0.0455 e. The largest absolute Gasteiger partial charge is 0.355 e. The zero-order chi connectivity index (χ0) is 8.97. The fraction of sp³-hybridized carbons (Fsp3) is 0.0909. The summed E-state index contributed by atoms with van der Waals surface area (Å²) in [5.41, 5.74) is 3.23. The Morgan fingerprint density at radius 1 is 1.42 bits per heavy atom. The second kappa shape index (κ2) is 3.77. The number of aromatic nitrogens is 1. The van der Waals surface area contributed by atoms with Crippen LogP contribution >= 0.6 is 0 Å². The summed E-state index contributed by atoms with van der Waals surface area (Å²) >= 11 is 0. The van der Waals surface area contributed by atoms with Crippen LogP contribution in [0.5, 0.6) is 0 Å². The molecule has 0 radical (unpaired) electrons.